The van der Waals surface area contributed by atoms with Crippen molar-refractivity contribution in [2.75, 3.05) is 0 Å². The standard InChI is InChI=1S/C15H27N3O2/c1-11(2)17-15(5,14(19)20)8-6-7-9-18-10-16-12(3)13(18)4/h10-11,17H,6-9H2,1-5H3,(H,19,20). The Hall–Kier alpha value is -1.36. The van der Waals surface area contributed by atoms with Crippen molar-refractivity contribution in [3.8, 4) is 0 Å². The van der Waals surface area contributed by atoms with Crippen molar-refractivity contribution in [1.82, 2.24) is 14.9 Å². The van der Waals surface area contributed by atoms with Crippen LogP contribution in [0.25, 0.3) is 0 Å². The van der Waals surface area contributed by atoms with Gasteiger partial charge in [-0.15, -0.1) is 0 Å². The van der Waals surface area contributed by atoms with Gasteiger partial charge < -0.3 is 9.67 Å². The summed E-state index contributed by atoms with van der Waals surface area (Å²) in [6.07, 6.45) is 4.32. The minimum Gasteiger partial charge on any atom is -0.480 e. The van der Waals surface area contributed by atoms with Crippen molar-refractivity contribution in [3.63, 3.8) is 0 Å². The molecule has 1 atom stereocenters. The Morgan fingerprint density at radius 3 is 2.55 bits per heavy atom. The average Bonchev–Trinajstić information content (AvgIpc) is 2.65. The van der Waals surface area contributed by atoms with Crippen LogP contribution in [0, 0.1) is 13.8 Å². The number of imidazole rings is 1. The molecule has 20 heavy (non-hydrogen) atoms. The molecule has 0 spiro atoms. The molecule has 0 aliphatic rings. The number of nitrogens with one attached hydrogen (secondary N) is 1. The smallest absolute Gasteiger partial charge is 0.323 e. The monoisotopic (exact) mass is 281 g/mol. The first-order valence-corrected chi connectivity index (χ1v) is 7.25. The molecule has 0 bridgehead atoms. The maximum absolute atomic E-state index is 11.4. The Bertz CT molecular complexity index is 454. The minimum atomic E-state index is -0.839. The van der Waals surface area contributed by atoms with Crippen molar-refractivity contribution < 1.29 is 9.90 Å². The van der Waals surface area contributed by atoms with Crippen molar-refractivity contribution in [3.05, 3.63) is 17.7 Å². The Labute approximate surface area is 121 Å². The lowest BCUT2D eigenvalue weighted by Crippen LogP contribution is -2.52. The summed E-state index contributed by atoms with van der Waals surface area (Å²) in [6.45, 7) is 10.7. The Morgan fingerprint density at radius 1 is 1.45 bits per heavy atom. The first kappa shape index (κ1) is 16.7. The summed E-state index contributed by atoms with van der Waals surface area (Å²) in [5.74, 6) is -0.777. The van der Waals surface area contributed by atoms with E-state index >= 15 is 0 Å². The highest BCUT2D eigenvalue weighted by Crippen LogP contribution is 2.16. The number of carboxylic acids is 1. The van der Waals surface area contributed by atoms with Crippen LogP contribution in [0.2, 0.25) is 0 Å². The van der Waals surface area contributed by atoms with Gasteiger partial charge in [-0.3, -0.25) is 10.1 Å². The Morgan fingerprint density at radius 2 is 2.10 bits per heavy atom. The molecule has 0 fully saturated rings. The van der Waals surface area contributed by atoms with Crippen molar-refractivity contribution in [2.45, 2.75) is 72.0 Å². The first-order valence-electron chi connectivity index (χ1n) is 7.25. The van der Waals surface area contributed by atoms with Gasteiger partial charge in [-0.25, -0.2) is 4.98 Å². The zero-order valence-electron chi connectivity index (χ0n) is 13.2. The molecule has 1 aromatic rings. The Kier molecular flexibility index (Phi) is 5.74. The van der Waals surface area contributed by atoms with Crippen molar-refractivity contribution in [1.29, 1.82) is 0 Å². The lowest BCUT2D eigenvalue weighted by molar-refractivity contribution is -0.144. The number of nitrogens with zero attached hydrogens (tertiary/aromatic N) is 2. The molecule has 0 saturated heterocycles. The van der Waals surface area contributed by atoms with Crippen LogP contribution in [0.5, 0.6) is 0 Å². The number of aromatic nitrogens is 2. The predicted octanol–water partition coefficient (Wildman–Crippen LogP) is 2.51. The molecule has 5 nitrogen and oxygen atoms in total. The molecule has 1 unspecified atom stereocenters. The molecule has 0 amide bonds. The maximum Gasteiger partial charge on any atom is 0.323 e. The molecule has 5 heteroatoms. The molecule has 1 aromatic heterocycles. The van der Waals surface area contributed by atoms with Crippen molar-refractivity contribution in [2.24, 2.45) is 0 Å². The van der Waals surface area contributed by atoms with Gasteiger partial charge in [0.2, 0.25) is 0 Å². The molecule has 0 aliphatic carbocycles. The second kappa shape index (κ2) is 6.88. The predicted molar refractivity (Wildman–Crippen MR) is 79.9 cm³/mol. The quantitative estimate of drug-likeness (QED) is 0.718. The van der Waals surface area contributed by atoms with E-state index in [0.29, 0.717) is 6.42 Å². The van der Waals surface area contributed by atoms with Gasteiger partial charge in [0.05, 0.1) is 12.0 Å². The van der Waals surface area contributed by atoms with Gasteiger partial charge in [0.25, 0.3) is 0 Å². The highest BCUT2D eigenvalue weighted by atomic mass is 16.4. The number of aryl methyl sites for hydroxylation is 2. The number of hydrogen-bond donors (Lipinski definition) is 2. The molecule has 114 valence electrons. The molecule has 2 N–H and O–H groups in total. The molecular weight excluding hydrogens is 254 g/mol. The summed E-state index contributed by atoms with van der Waals surface area (Å²) in [5, 5.41) is 12.5. The highest BCUT2D eigenvalue weighted by molar-refractivity contribution is 5.78. The summed E-state index contributed by atoms with van der Waals surface area (Å²) in [4.78, 5) is 15.7. The van der Waals surface area contributed by atoms with Crippen LogP contribution < -0.4 is 5.32 Å². The summed E-state index contributed by atoms with van der Waals surface area (Å²) < 4.78 is 2.13. The zero-order valence-corrected chi connectivity index (χ0v) is 13.2. The molecule has 1 heterocycles. The molecule has 0 saturated carbocycles. The van der Waals surface area contributed by atoms with Crippen LogP contribution in [-0.2, 0) is 11.3 Å². The van der Waals surface area contributed by atoms with Crippen LogP contribution in [0.15, 0.2) is 6.33 Å². The Balaban J connectivity index is 2.45. The second-order valence-corrected chi connectivity index (χ2v) is 6.00. The second-order valence-electron chi connectivity index (χ2n) is 6.00. The highest BCUT2D eigenvalue weighted by Gasteiger charge is 2.32. The topological polar surface area (TPSA) is 67.2 Å². The summed E-state index contributed by atoms with van der Waals surface area (Å²) in [6, 6.07) is 0.162. The molecule has 0 aliphatic heterocycles. The van der Waals surface area contributed by atoms with Gasteiger partial charge in [0, 0.05) is 18.3 Å². The first-order chi connectivity index (χ1) is 9.26. The van der Waals surface area contributed by atoms with Crippen LogP contribution >= 0.6 is 0 Å². The van der Waals surface area contributed by atoms with Gasteiger partial charge in [0.1, 0.15) is 5.54 Å². The third-order valence-electron chi connectivity index (χ3n) is 3.75. The van der Waals surface area contributed by atoms with Crippen molar-refractivity contribution >= 4 is 5.97 Å². The van der Waals surface area contributed by atoms with E-state index in [1.165, 1.54) is 5.69 Å². The lowest BCUT2D eigenvalue weighted by Gasteiger charge is -2.28. The number of carbonyl (C=O) groups is 1. The largest absolute Gasteiger partial charge is 0.480 e. The summed E-state index contributed by atoms with van der Waals surface area (Å²) in [5.41, 5.74) is 1.40. The number of hydrogen-bond acceptors (Lipinski definition) is 3. The fraction of sp³-hybridized carbons (Fsp3) is 0.733. The number of rotatable bonds is 8. The third kappa shape index (κ3) is 4.34. The van der Waals surface area contributed by atoms with E-state index in [2.05, 4.69) is 21.8 Å². The minimum absolute atomic E-state index is 0.162. The number of aliphatic carboxylic acids is 1. The van der Waals surface area contributed by atoms with E-state index in [-0.39, 0.29) is 6.04 Å². The maximum atomic E-state index is 11.4. The van der Waals surface area contributed by atoms with Gasteiger partial charge in [-0.05, 0) is 53.9 Å². The van der Waals surface area contributed by atoms with Crippen LogP contribution in [0.1, 0.15) is 51.4 Å². The van der Waals surface area contributed by atoms with E-state index in [1.54, 1.807) is 6.92 Å². The average molecular weight is 281 g/mol. The fourth-order valence-corrected chi connectivity index (χ4v) is 2.41. The van der Waals surface area contributed by atoms with Gasteiger partial charge in [0.15, 0.2) is 0 Å². The van der Waals surface area contributed by atoms with Crippen LogP contribution in [-0.4, -0.2) is 32.2 Å². The summed E-state index contributed by atoms with van der Waals surface area (Å²) >= 11 is 0. The van der Waals surface area contributed by atoms with E-state index in [1.807, 2.05) is 27.1 Å². The number of carboxylic acid groups (broad SMARTS) is 1. The zero-order chi connectivity index (χ0) is 15.3. The van der Waals surface area contributed by atoms with Gasteiger partial charge >= 0.3 is 5.97 Å². The van der Waals surface area contributed by atoms with E-state index in [9.17, 15) is 9.90 Å². The molecule has 0 radical (unpaired) electrons. The van der Waals surface area contributed by atoms with Gasteiger partial charge in [-0.1, -0.05) is 0 Å². The SMILES string of the molecule is Cc1ncn(CCCCC(C)(NC(C)C)C(=O)O)c1C. The van der Waals surface area contributed by atoms with Crippen LogP contribution in [0.3, 0.4) is 0 Å². The molecule has 0 aromatic carbocycles. The van der Waals surface area contributed by atoms with E-state index in [4.69, 9.17) is 0 Å². The van der Waals surface area contributed by atoms with E-state index < -0.39 is 11.5 Å². The molecule has 1 rings (SSSR count). The van der Waals surface area contributed by atoms with E-state index in [0.717, 1.165) is 25.1 Å². The number of unbranched alkanes of at least 4 members (excludes halogenated alkanes) is 1. The summed E-state index contributed by atoms with van der Waals surface area (Å²) in [7, 11) is 0. The van der Waals surface area contributed by atoms with Crippen LogP contribution in [0.4, 0.5) is 0 Å². The lowest BCUT2D eigenvalue weighted by atomic mass is 9.94. The van der Waals surface area contributed by atoms with Gasteiger partial charge in [-0.2, -0.15) is 0 Å². The molecular formula is C15H27N3O2. The normalized spacial score (nSPS) is 14.5. The third-order valence-corrected chi connectivity index (χ3v) is 3.75. The fourth-order valence-electron chi connectivity index (χ4n) is 2.41.